The summed E-state index contributed by atoms with van der Waals surface area (Å²) in [5, 5.41) is 2.97. The number of hydrogen-bond donors (Lipinski definition) is 1. The first-order valence-corrected chi connectivity index (χ1v) is 10.1. The zero-order valence-electron chi connectivity index (χ0n) is 17.1. The maximum Gasteiger partial charge on any atom is 0.308 e. The number of benzene rings is 2. The zero-order valence-corrected chi connectivity index (χ0v) is 17.1. The number of hydrogen-bond acceptors (Lipinski definition) is 4. The highest BCUT2D eigenvalue weighted by atomic mass is 16.5. The van der Waals surface area contributed by atoms with Gasteiger partial charge in [0.15, 0.2) is 0 Å². The topological polar surface area (TPSA) is 72.5 Å². The first-order chi connectivity index (χ1) is 14.0. The van der Waals surface area contributed by atoms with Crippen molar-refractivity contribution in [3.05, 3.63) is 60.2 Å². The van der Waals surface area contributed by atoms with E-state index >= 15 is 0 Å². The van der Waals surface area contributed by atoms with Gasteiger partial charge in [0.25, 0.3) is 0 Å². The highest BCUT2D eigenvalue weighted by Gasteiger charge is 2.21. The van der Waals surface area contributed by atoms with E-state index in [1.165, 1.54) is 0 Å². The van der Waals surface area contributed by atoms with E-state index < -0.39 is 0 Å². The van der Waals surface area contributed by atoms with Gasteiger partial charge in [-0.25, -0.2) is 0 Å². The fraction of sp³-hybridized carbons (Fsp3) is 0.375. The standard InChI is InChI=1S/C24H29NO4/c1-3-29-24(28)18(2)16-22(25-23(27)10-7-15-26)17-19-11-13-21(14-12-19)20-8-5-4-6-9-20/h4-6,8-9,11-15,18,22H,3,7,10,16-17H2,1-2H3,(H,25,27)/t18-,22+/m1/s1. The Kier molecular flexibility index (Phi) is 9.09. The van der Waals surface area contributed by atoms with Gasteiger partial charge in [-0.3, -0.25) is 9.59 Å². The van der Waals surface area contributed by atoms with Crippen LogP contribution < -0.4 is 5.32 Å². The molecule has 0 fully saturated rings. The van der Waals surface area contributed by atoms with E-state index in [9.17, 15) is 14.4 Å². The molecule has 1 N–H and O–H groups in total. The van der Waals surface area contributed by atoms with Gasteiger partial charge in [-0.1, -0.05) is 61.5 Å². The summed E-state index contributed by atoms with van der Waals surface area (Å²) >= 11 is 0. The molecule has 2 atom stereocenters. The van der Waals surface area contributed by atoms with Crippen LogP contribution in [-0.2, 0) is 25.5 Å². The predicted molar refractivity (Wildman–Crippen MR) is 113 cm³/mol. The third-order valence-corrected chi connectivity index (χ3v) is 4.72. The van der Waals surface area contributed by atoms with E-state index in [0.29, 0.717) is 19.4 Å². The number of nitrogens with one attached hydrogen (secondary N) is 1. The van der Waals surface area contributed by atoms with Crippen LogP contribution in [0.3, 0.4) is 0 Å². The molecular formula is C24H29NO4. The number of esters is 1. The van der Waals surface area contributed by atoms with Crippen molar-refractivity contribution >= 4 is 18.2 Å². The highest BCUT2D eigenvalue weighted by molar-refractivity contribution is 5.78. The van der Waals surface area contributed by atoms with Crippen molar-refractivity contribution in [3.63, 3.8) is 0 Å². The smallest absolute Gasteiger partial charge is 0.308 e. The second-order valence-electron chi connectivity index (χ2n) is 7.13. The van der Waals surface area contributed by atoms with Crippen molar-refractivity contribution in [2.45, 2.75) is 45.6 Å². The predicted octanol–water partition coefficient (Wildman–Crippen LogP) is 3.95. The van der Waals surface area contributed by atoms with Crippen molar-refractivity contribution < 1.29 is 19.1 Å². The van der Waals surface area contributed by atoms with Crippen LogP contribution in [0.4, 0.5) is 0 Å². The molecule has 2 rings (SSSR count). The number of rotatable bonds is 11. The van der Waals surface area contributed by atoms with Gasteiger partial charge >= 0.3 is 5.97 Å². The first-order valence-electron chi connectivity index (χ1n) is 10.1. The van der Waals surface area contributed by atoms with Crippen LogP contribution in [0.25, 0.3) is 11.1 Å². The van der Waals surface area contributed by atoms with Crippen LogP contribution in [0, 0.1) is 5.92 Å². The Hall–Kier alpha value is -2.95. The molecule has 2 aromatic rings. The molecule has 2 aromatic carbocycles. The van der Waals surface area contributed by atoms with Gasteiger partial charge in [0.2, 0.25) is 5.91 Å². The molecule has 0 unspecified atom stereocenters. The minimum Gasteiger partial charge on any atom is -0.466 e. The molecule has 29 heavy (non-hydrogen) atoms. The molecule has 0 radical (unpaired) electrons. The van der Waals surface area contributed by atoms with E-state index in [1.807, 2.05) is 30.3 Å². The van der Waals surface area contributed by atoms with E-state index in [2.05, 4.69) is 29.6 Å². The Morgan fingerprint density at radius 2 is 1.69 bits per heavy atom. The van der Waals surface area contributed by atoms with Crippen molar-refractivity contribution in [3.8, 4) is 11.1 Å². The van der Waals surface area contributed by atoms with Crippen LogP contribution in [0.1, 0.15) is 38.7 Å². The lowest BCUT2D eigenvalue weighted by atomic mass is 9.94. The molecule has 0 spiro atoms. The summed E-state index contributed by atoms with van der Waals surface area (Å²) in [5.74, 6) is -0.770. The Morgan fingerprint density at radius 3 is 2.31 bits per heavy atom. The molecular weight excluding hydrogens is 366 g/mol. The Bertz CT molecular complexity index is 786. The number of carbonyl (C=O) groups is 3. The molecule has 0 heterocycles. The van der Waals surface area contributed by atoms with Crippen molar-refractivity contribution in [2.24, 2.45) is 5.92 Å². The van der Waals surface area contributed by atoms with Gasteiger partial charge in [-0.2, -0.15) is 0 Å². The Morgan fingerprint density at radius 1 is 1.03 bits per heavy atom. The largest absolute Gasteiger partial charge is 0.466 e. The summed E-state index contributed by atoms with van der Waals surface area (Å²) in [6.45, 7) is 3.92. The molecule has 0 saturated carbocycles. The number of carbonyl (C=O) groups excluding carboxylic acids is 3. The molecule has 1 amide bonds. The Balaban J connectivity index is 2.07. The van der Waals surface area contributed by atoms with Gasteiger partial charge in [0.05, 0.1) is 12.5 Å². The maximum atomic E-state index is 12.1. The molecule has 0 bridgehead atoms. The van der Waals surface area contributed by atoms with Crippen LogP contribution >= 0.6 is 0 Å². The van der Waals surface area contributed by atoms with Crippen LogP contribution in [0.2, 0.25) is 0 Å². The molecule has 0 aliphatic rings. The van der Waals surface area contributed by atoms with E-state index in [-0.39, 0.29) is 36.7 Å². The normalized spacial score (nSPS) is 12.6. The molecule has 154 valence electrons. The van der Waals surface area contributed by atoms with Gasteiger partial charge in [-0.05, 0) is 36.5 Å². The summed E-state index contributed by atoms with van der Waals surface area (Å²) < 4.78 is 5.09. The minimum atomic E-state index is -0.324. The number of amides is 1. The van der Waals surface area contributed by atoms with Gasteiger partial charge < -0.3 is 14.8 Å². The monoisotopic (exact) mass is 395 g/mol. The van der Waals surface area contributed by atoms with E-state index in [1.54, 1.807) is 13.8 Å². The minimum absolute atomic E-state index is 0.154. The van der Waals surface area contributed by atoms with Crippen molar-refractivity contribution in [1.29, 1.82) is 0 Å². The third-order valence-electron chi connectivity index (χ3n) is 4.72. The summed E-state index contributed by atoms with van der Waals surface area (Å²) in [6, 6.07) is 18.1. The lowest BCUT2D eigenvalue weighted by Crippen LogP contribution is -2.38. The van der Waals surface area contributed by atoms with Crippen molar-refractivity contribution in [2.75, 3.05) is 6.61 Å². The summed E-state index contributed by atoms with van der Waals surface area (Å²) in [7, 11) is 0. The van der Waals surface area contributed by atoms with Gasteiger partial charge in [0, 0.05) is 18.9 Å². The lowest BCUT2D eigenvalue weighted by molar-refractivity contribution is -0.148. The van der Waals surface area contributed by atoms with Crippen LogP contribution in [0.5, 0.6) is 0 Å². The lowest BCUT2D eigenvalue weighted by Gasteiger charge is -2.22. The second-order valence-corrected chi connectivity index (χ2v) is 7.13. The van der Waals surface area contributed by atoms with Crippen LogP contribution in [0.15, 0.2) is 54.6 Å². The van der Waals surface area contributed by atoms with Gasteiger partial charge in [0.1, 0.15) is 6.29 Å². The average molecular weight is 395 g/mol. The summed E-state index contributed by atoms with van der Waals surface area (Å²) in [6.07, 6.45) is 2.16. The first kappa shape index (κ1) is 22.3. The Labute approximate surface area is 172 Å². The quantitative estimate of drug-likeness (QED) is 0.462. The summed E-state index contributed by atoms with van der Waals surface area (Å²) in [5.41, 5.74) is 3.34. The van der Waals surface area contributed by atoms with E-state index in [4.69, 9.17) is 4.74 Å². The fourth-order valence-corrected chi connectivity index (χ4v) is 3.24. The average Bonchev–Trinajstić information content (AvgIpc) is 2.73. The molecule has 0 aliphatic heterocycles. The summed E-state index contributed by atoms with van der Waals surface area (Å²) in [4.78, 5) is 34.7. The zero-order chi connectivity index (χ0) is 21.1. The molecule has 0 aromatic heterocycles. The molecule has 0 saturated heterocycles. The van der Waals surface area contributed by atoms with Crippen LogP contribution in [-0.4, -0.2) is 30.8 Å². The number of aldehydes is 1. The van der Waals surface area contributed by atoms with Gasteiger partial charge in [-0.15, -0.1) is 0 Å². The van der Waals surface area contributed by atoms with Crippen molar-refractivity contribution in [1.82, 2.24) is 5.32 Å². The van der Waals surface area contributed by atoms with E-state index in [0.717, 1.165) is 23.0 Å². The SMILES string of the molecule is CCOC(=O)[C@H](C)C[C@@H](Cc1ccc(-c2ccccc2)cc1)NC(=O)CCC=O. The second kappa shape index (κ2) is 11.8. The molecule has 0 aliphatic carbocycles. The fourth-order valence-electron chi connectivity index (χ4n) is 3.24. The molecule has 5 heteroatoms. The number of ether oxygens (including phenoxy) is 1. The third kappa shape index (κ3) is 7.53. The molecule has 5 nitrogen and oxygen atoms in total. The highest BCUT2D eigenvalue weighted by Crippen LogP contribution is 2.21. The maximum absolute atomic E-state index is 12.1.